The fourth-order valence-corrected chi connectivity index (χ4v) is 12.7. The molecule has 0 bridgehead atoms. The highest BCUT2D eigenvalue weighted by atomic mass is 31.1. The first-order chi connectivity index (χ1) is 16.3. The Kier molecular flexibility index (Phi) is 8.07. The smallest absolute Gasteiger partial charge is 0.0138 e. The first kappa shape index (κ1) is 23.4. The molecule has 33 heavy (non-hydrogen) atoms. The van der Waals surface area contributed by atoms with Crippen molar-refractivity contribution in [1.29, 1.82) is 0 Å². The van der Waals surface area contributed by atoms with Crippen LogP contribution in [0.5, 0.6) is 0 Å². The van der Waals surface area contributed by atoms with Crippen molar-refractivity contribution in [3.63, 3.8) is 0 Å². The predicted molar refractivity (Wildman–Crippen MR) is 150 cm³/mol. The lowest BCUT2D eigenvalue weighted by Gasteiger charge is -2.42. The van der Waals surface area contributed by atoms with E-state index in [-0.39, 0.29) is 7.92 Å². The largest absolute Gasteiger partial charge is 0.202 e. The molecule has 2 aliphatic carbocycles. The summed E-state index contributed by atoms with van der Waals surface area (Å²) in [6.45, 7) is 2.48. The third kappa shape index (κ3) is 5.50. The van der Waals surface area contributed by atoms with Crippen LogP contribution in [0, 0.1) is 0 Å². The number of hydrogen-bond acceptors (Lipinski definition) is 0. The summed E-state index contributed by atoms with van der Waals surface area (Å²) in [5, 5.41) is 4.73. The molecule has 3 aromatic rings. The standard InChI is InChI=1S/C31H39P2/c1-25(32(27-14-6-2-7-15-27)28-16-8-3-9-17-28)26-22-23-31(24-26)33(29-18-10-4-11-19-29)30-20-12-5-13-21-30/h2-3,6-9,14-17,22-25,29-30H,4-5,10-13,18-21H2,1H3/q-1/t25-/m1/s1. The van der Waals surface area contributed by atoms with Crippen molar-refractivity contribution < 1.29 is 0 Å². The molecule has 0 aromatic heterocycles. The van der Waals surface area contributed by atoms with Crippen molar-refractivity contribution in [3.8, 4) is 0 Å². The summed E-state index contributed by atoms with van der Waals surface area (Å²) < 4.78 is 0. The Balaban J connectivity index is 1.45. The van der Waals surface area contributed by atoms with Crippen LogP contribution in [0.25, 0.3) is 0 Å². The Bertz CT molecular complexity index is 907. The van der Waals surface area contributed by atoms with Gasteiger partial charge in [0.25, 0.3) is 0 Å². The van der Waals surface area contributed by atoms with Crippen LogP contribution < -0.4 is 15.9 Å². The molecule has 0 N–H and O–H groups in total. The summed E-state index contributed by atoms with van der Waals surface area (Å²) in [5.74, 6) is 0. The van der Waals surface area contributed by atoms with Crippen LogP contribution in [0.1, 0.15) is 82.4 Å². The molecule has 2 heteroatoms. The minimum Gasteiger partial charge on any atom is -0.202 e. The maximum absolute atomic E-state index is 2.67. The summed E-state index contributed by atoms with van der Waals surface area (Å²) in [6.07, 6.45) is 14.7. The fraction of sp³-hybridized carbons (Fsp3) is 0.452. The van der Waals surface area contributed by atoms with E-state index >= 15 is 0 Å². The van der Waals surface area contributed by atoms with E-state index in [0.717, 1.165) is 11.3 Å². The number of rotatable bonds is 7. The first-order valence-electron chi connectivity index (χ1n) is 13.3. The molecular formula is C31H39P2-. The fourth-order valence-electron chi connectivity index (χ4n) is 6.23. The van der Waals surface area contributed by atoms with E-state index in [1.165, 1.54) is 74.8 Å². The van der Waals surface area contributed by atoms with Gasteiger partial charge < -0.3 is 0 Å². The highest BCUT2D eigenvalue weighted by Crippen LogP contribution is 2.56. The zero-order valence-corrected chi connectivity index (χ0v) is 22.0. The van der Waals surface area contributed by atoms with E-state index in [2.05, 4.69) is 85.8 Å². The van der Waals surface area contributed by atoms with Crippen LogP contribution in [-0.2, 0) is 0 Å². The molecule has 2 saturated carbocycles. The predicted octanol–water partition coefficient (Wildman–Crippen LogP) is 8.37. The van der Waals surface area contributed by atoms with Gasteiger partial charge in [-0.15, -0.1) is 7.92 Å². The van der Waals surface area contributed by atoms with Crippen molar-refractivity contribution in [2.75, 3.05) is 0 Å². The Hall–Kier alpha value is -1.35. The van der Waals surface area contributed by atoms with Gasteiger partial charge in [0.1, 0.15) is 0 Å². The molecular weight excluding hydrogens is 434 g/mol. The van der Waals surface area contributed by atoms with Gasteiger partial charge in [-0.3, -0.25) is 0 Å². The zero-order valence-electron chi connectivity index (χ0n) is 20.2. The molecule has 174 valence electrons. The topological polar surface area (TPSA) is 0 Å². The van der Waals surface area contributed by atoms with E-state index in [1.54, 1.807) is 10.9 Å². The third-order valence-electron chi connectivity index (χ3n) is 7.93. The maximum Gasteiger partial charge on any atom is -0.0138 e. The zero-order chi connectivity index (χ0) is 22.5. The van der Waals surface area contributed by atoms with E-state index in [1.807, 2.05) is 0 Å². The van der Waals surface area contributed by atoms with Gasteiger partial charge in [-0.1, -0.05) is 106 Å². The highest BCUT2D eigenvalue weighted by molar-refractivity contribution is 7.73. The summed E-state index contributed by atoms with van der Waals surface area (Å²) in [6, 6.07) is 30.2. The second-order valence-corrected chi connectivity index (χ2v) is 15.4. The van der Waals surface area contributed by atoms with E-state index < -0.39 is 7.92 Å². The molecule has 0 heterocycles. The normalized spacial score (nSPS) is 19.2. The number of hydrogen-bond donors (Lipinski definition) is 0. The molecule has 0 saturated heterocycles. The quantitative estimate of drug-likeness (QED) is 0.239. The highest BCUT2D eigenvalue weighted by Gasteiger charge is 2.30. The first-order valence-corrected chi connectivity index (χ1v) is 16.1. The minimum atomic E-state index is -0.416. The van der Waals surface area contributed by atoms with Gasteiger partial charge in [0, 0.05) is 0 Å². The van der Waals surface area contributed by atoms with Gasteiger partial charge in [-0.2, -0.15) is 23.0 Å². The Morgan fingerprint density at radius 2 is 1.15 bits per heavy atom. The lowest BCUT2D eigenvalue weighted by Crippen LogP contribution is -2.25. The van der Waals surface area contributed by atoms with Gasteiger partial charge >= 0.3 is 0 Å². The molecule has 0 amide bonds. The second kappa shape index (κ2) is 11.4. The lowest BCUT2D eigenvalue weighted by atomic mass is 9.99. The van der Waals surface area contributed by atoms with Crippen molar-refractivity contribution >= 4 is 31.8 Å². The average molecular weight is 474 g/mol. The van der Waals surface area contributed by atoms with Crippen molar-refractivity contribution in [3.05, 3.63) is 84.4 Å². The van der Waals surface area contributed by atoms with E-state index in [0.29, 0.717) is 5.66 Å². The van der Waals surface area contributed by atoms with Gasteiger partial charge in [-0.05, 0) is 61.2 Å². The van der Waals surface area contributed by atoms with Crippen LogP contribution in [0.3, 0.4) is 0 Å². The third-order valence-corrected chi connectivity index (χ3v) is 14.2. The van der Waals surface area contributed by atoms with Crippen LogP contribution >= 0.6 is 15.8 Å². The van der Waals surface area contributed by atoms with Crippen LogP contribution in [-0.4, -0.2) is 11.3 Å². The van der Waals surface area contributed by atoms with Gasteiger partial charge in [-0.25, -0.2) is 6.07 Å². The maximum atomic E-state index is 2.67. The monoisotopic (exact) mass is 473 g/mol. The van der Waals surface area contributed by atoms with Crippen LogP contribution in [0.15, 0.2) is 78.9 Å². The molecule has 0 radical (unpaired) electrons. The van der Waals surface area contributed by atoms with Crippen LogP contribution in [0.2, 0.25) is 0 Å². The van der Waals surface area contributed by atoms with Crippen molar-refractivity contribution in [2.45, 2.75) is 88.1 Å². The minimum absolute atomic E-state index is 0.0166. The van der Waals surface area contributed by atoms with Gasteiger partial charge in [0.15, 0.2) is 0 Å². The molecule has 0 spiro atoms. The van der Waals surface area contributed by atoms with E-state index in [9.17, 15) is 0 Å². The molecule has 2 fully saturated rings. The van der Waals surface area contributed by atoms with Crippen molar-refractivity contribution in [2.24, 2.45) is 0 Å². The molecule has 0 aliphatic heterocycles. The molecule has 3 aromatic carbocycles. The van der Waals surface area contributed by atoms with Gasteiger partial charge in [0.2, 0.25) is 0 Å². The molecule has 2 aliphatic rings. The molecule has 5 rings (SSSR count). The summed E-state index contributed by atoms with van der Waals surface area (Å²) in [5.41, 5.74) is 4.07. The average Bonchev–Trinajstić information content (AvgIpc) is 3.37. The summed E-state index contributed by atoms with van der Waals surface area (Å²) in [4.78, 5) is 0. The summed E-state index contributed by atoms with van der Waals surface area (Å²) in [7, 11) is -0.433. The number of benzene rings is 2. The Morgan fingerprint density at radius 1 is 0.667 bits per heavy atom. The molecule has 1 atom stereocenters. The van der Waals surface area contributed by atoms with Crippen molar-refractivity contribution in [1.82, 2.24) is 0 Å². The second-order valence-electron chi connectivity index (χ2n) is 10.1. The van der Waals surface area contributed by atoms with Gasteiger partial charge in [0.05, 0.1) is 0 Å². The Labute approximate surface area is 204 Å². The summed E-state index contributed by atoms with van der Waals surface area (Å²) >= 11 is 0. The SMILES string of the molecule is C[C@H](c1cc(P(C2CCCCC2)C2CCCCC2)c[cH-]1)P(c1ccccc1)c1ccccc1. The lowest BCUT2D eigenvalue weighted by molar-refractivity contribution is 0.487. The Morgan fingerprint density at radius 3 is 1.64 bits per heavy atom. The van der Waals surface area contributed by atoms with Crippen LogP contribution in [0.4, 0.5) is 0 Å². The van der Waals surface area contributed by atoms with E-state index in [4.69, 9.17) is 0 Å². The molecule has 0 unspecified atom stereocenters. The molecule has 0 nitrogen and oxygen atoms in total.